The molecule has 16 heavy (non-hydrogen) atoms. The van der Waals surface area contributed by atoms with Crippen molar-refractivity contribution >= 4 is 11.6 Å². The molecule has 1 aliphatic rings. The molecule has 0 aliphatic heterocycles. The van der Waals surface area contributed by atoms with Crippen molar-refractivity contribution in [2.24, 2.45) is 0 Å². The van der Waals surface area contributed by atoms with Gasteiger partial charge in [-0.15, -0.1) is 0 Å². The van der Waals surface area contributed by atoms with Gasteiger partial charge < -0.3 is 11.1 Å². The molecule has 0 bridgehead atoms. The quantitative estimate of drug-likeness (QED) is 0.748. The molecule has 1 aliphatic carbocycles. The highest BCUT2D eigenvalue weighted by Crippen LogP contribution is 2.18. The molecule has 0 heterocycles. The van der Waals surface area contributed by atoms with Crippen LogP contribution in [0.25, 0.3) is 0 Å². The summed E-state index contributed by atoms with van der Waals surface area (Å²) in [6.45, 7) is 0. The van der Waals surface area contributed by atoms with E-state index in [1.54, 1.807) is 24.3 Å². The number of anilines is 1. The number of hydrogen-bond donors (Lipinski definition) is 2. The van der Waals surface area contributed by atoms with Crippen LogP contribution in [0.4, 0.5) is 5.69 Å². The van der Waals surface area contributed by atoms with Gasteiger partial charge in [0.2, 0.25) is 0 Å². The number of rotatable bonds is 2. The fourth-order valence-corrected chi connectivity index (χ4v) is 2.15. The van der Waals surface area contributed by atoms with Crippen molar-refractivity contribution < 1.29 is 4.79 Å². The van der Waals surface area contributed by atoms with E-state index in [2.05, 4.69) is 5.32 Å². The molecule has 0 atom stereocenters. The van der Waals surface area contributed by atoms with E-state index in [0.29, 0.717) is 17.3 Å². The average Bonchev–Trinajstić information content (AvgIpc) is 2.31. The van der Waals surface area contributed by atoms with Crippen molar-refractivity contribution in [1.82, 2.24) is 5.32 Å². The third-order valence-corrected chi connectivity index (χ3v) is 3.11. The molecule has 0 aromatic heterocycles. The van der Waals surface area contributed by atoms with Crippen LogP contribution in [0.3, 0.4) is 0 Å². The SMILES string of the molecule is Nc1ccc(C(=O)NC2CCCCC2)cc1. The van der Waals surface area contributed by atoms with Crippen LogP contribution in [0.1, 0.15) is 42.5 Å². The van der Waals surface area contributed by atoms with Crippen LogP contribution < -0.4 is 11.1 Å². The minimum Gasteiger partial charge on any atom is -0.399 e. The van der Waals surface area contributed by atoms with E-state index in [-0.39, 0.29) is 5.91 Å². The molecule has 1 saturated carbocycles. The van der Waals surface area contributed by atoms with Crippen LogP contribution >= 0.6 is 0 Å². The molecule has 1 fully saturated rings. The third kappa shape index (κ3) is 2.75. The summed E-state index contributed by atoms with van der Waals surface area (Å²) in [4.78, 5) is 11.9. The minimum absolute atomic E-state index is 0.0203. The maximum atomic E-state index is 11.9. The highest BCUT2D eigenvalue weighted by Gasteiger charge is 2.16. The molecule has 0 spiro atoms. The summed E-state index contributed by atoms with van der Waals surface area (Å²) in [5.74, 6) is 0.0203. The fraction of sp³-hybridized carbons (Fsp3) is 0.462. The lowest BCUT2D eigenvalue weighted by atomic mass is 9.95. The van der Waals surface area contributed by atoms with E-state index in [1.807, 2.05) is 0 Å². The molecule has 3 N–H and O–H groups in total. The van der Waals surface area contributed by atoms with Crippen molar-refractivity contribution in [3.8, 4) is 0 Å². The Morgan fingerprint density at radius 1 is 1.12 bits per heavy atom. The molecular formula is C13H18N2O. The van der Waals surface area contributed by atoms with Crippen molar-refractivity contribution in [1.29, 1.82) is 0 Å². The van der Waals surface area contributed by atoms with Gasteiger partial charge >= 0.3 is 0 Å². The number of nitrogens with two attached hydrogens (primary N) is 1. The maximum absolute atomic E-state index is 11.9. The van der Waals surface area contributed by atoms with E-state index < -0.39 is 0 Å². The molecule has 0 unspecified atom stereocenters. The Hall–Kier alpha value is -1.51. The van der Waals surface area contributed by atoms with Crippen LogP contribution in [-0.4, -0.2) is 11.9 Å². The van der Waals surface area contributed by atoms with E-state index in [1.165, 1.54) is 19.3 Å². The molecule has 2 rings (SSSR count). The largest absolute Gasteiger partial charge is 0.399 e. The van der Waals surface area contributed by atoms with Crippen LogP contribution in [0.2, 0.25) is 0 Å². The van der Waals surface area contributed by atoms with Crippen LogP contribution in [0.15, 0.2) is 24.3 Å². The van der Waals surface area contributed by atoms with E-state index in [0.717, 1.165) is 12.8 Å². The van der Waals surface area contributed by atoms with Crippen LogP contribution in [0.5, 0.6) is 0 Å². The van der Waals surface area contributed by atoms with Crippen molar-refractivity contribution in [3.05, 3.63) is 29.8 Å². The van der Waals surface area contributed by atoms with Gasteiger partial charge in [0.05, 0.1) is 0 Å². The Kier molecular flexibility index (Phi) is 3.44. The Morgan fingerprint density at radius 3 is 2.38 bits per heavy atom. The monoisotopic (exact) mass is 218 g/mol. The van der Waals surface area contributed by atoms with Gasteiger partial charge in [0.1, 0.15) is 0 Å². The normalized spacial score (nSPS) is 17.0. The Balaban J connectivity index is 1.94. The number of hydrogen-bond acceptors (Lipinski definition) is 2. The average molecular weight is 218 g/mol. The standard InChI is InChI=1S/C13H18N2O/c14-11-8-6-10(7-9-11)13(16)15-12-4-2-1-3-5-12/h6-9,12H,1-5,14H2,(H,15,16). The lowest BCUT2D eigenvalue weighted by molar-refractivity contribution is 0.0928. The van der Waals surface area contributed by atoms with Gasteiger partial charge in [-0.3, -0.25) is 4.79 Å². The summed E-state index contributed by atoms with van der Waals surface area (Å²) in [7, 11) is 0. The zero-order valence-corrected chi connectivity index (χ0v) is 9.41. The number of carbonyl (C=O) groups excluding carboxylic acids is 1. The second-order valence-electron chi connectivity index (χ2n) is 4.43. The number of amides is 1. The van der Waals surface area contributed by atoms with Gasteiger partial charge in [-0.05, 0) is 37.1 Å². The van der Waals surface area contributed by atoms with Crippen LogP contribution in [-0.2, 0) is 0 Å². The van der Waals surface area contributed by atoms with Crippen LogP contribution in [0, 0.1) is 0 Å². The molecule has 86 valence electrons. The number of nitrogen functional groups attached to an aromatic ring is 1. The molecule has 1 aromatic rings. The zero-order chi connectivity index (χ0) is 11.4. The van der Waals surface area contributed by atoms with Gasteiger partial charge in [-0.1, -0.05) is 19.3 Å². The number of benzene rings is 1. The Morgan fingerprint density at radius 2 is 1.75 bits per heavy atom. The van der Waals surface area contributed by atoms with Gasteiger partial charge in [0.25, 0.3) is 5.91 Å². The predicted octanol–water partition coefficient (Wildman–Crippen LogP) is 2.33. The molecular weight excluding hydrogens is 200 g/mol. The first kappa shape index (κ1) is 11.0. The molecule has 0 saturated heterocycles. The summed E-state index contributed by atoms with van der Waals surface area (Å²) in [6.07, 6.45) is 5.98. The first-order valence-corrected chi connectivity index (χ1v) is 5.92. The fourth-order valence-electron chi connectivity index (χ4n) is 2.15. The second-order valence-corrected chi connectivity index (χ2v) is 4.43. The molecule has 3 heteroatoms. The van der Waals surface area contributed by atoms with E-state index in [4.69, 9.17) is 5.73 Å². The summed E-state index contributed by atoms with van der Waals surface area (Å²) in [5, 5.41) is 3.07. The van der Waals surface area contributed by atoms with Gasteiger partial charge in [0, 0.05) is 17.3 Å². The smallest absolute Gasteiger partial charge is 0.251 e. The first-order valence-electron chi connectivity index (χ1n) is 5.92. The van der Waals surface area contributed by atoms with Crippen molar-refractivity contribution in [3.63, 3.8) is 0 Å². The van der Waals surface area contributed by atoms with Crippen molar-refractivity contribution in [2.45, 2.75) is 38.1 Å². The number of nitrogens with one attached hydrogen (secondary N) is 1. The second kappa shape index (κ2) is 5.01. The molecule has 1 amide bonds. The molecule has 0 radical (unpaired) electrons. The lowest BCUT2D eigenvalue weighted by Gasteiger charge is -2.22. The minimum atomic E-state index is 0.0203. The van der Waals surface area contributed by atoms with Gasteiger partial charge in [-0.25, -0.2) is 0 Å². The predicted molar refractivity (Wildman–Crippen MR) is 65.2 cm³/mol. The zero-order valence-electron chi connectivity index (χ0n) is 9.41. The van der Waals surface area contributed by atoms with Gasteiger partial charge in [-0.2, -0.15) is 0 Å². The third-order valence-electron chi connectivity index (χ3n) is 3.11. The molecule has 3 nitrogen and oxygen atoms in total. The topological polar surface area (TPSA) is 55.1 Å². The van der Waals surface area contributed by atoms with Gasteiger partial charge in [0.15, 0.2) is 0 Å². The highest BCUT2D eigenvalue weighted by atomic mass is 16.1. The summed E-state index contributed by atoms with van der Waals surface area (Å²) >= 11 is 0. The summed E-state index contributed by atoms with van der Waals surface area (Å²) in [5.41, 5.74) is 6.96. The first-order chi connectivity index (χ1) is 7.75. The Bertz CT molecular complexity index is 353. The maximum Gasteiger partial charge on any atom is 0.251 e. The van der Waals surface area contributed by atoms with E-state index >= 15 is 0 Å². The summed E-state index contributed by atoms with van der Waals surface area (Å²) in [6, 6.07) is 7.42. The van der Waals surface area contributed by atoms with E-state index in [9.17, 15) is 4.79 Å². The highest BCUT2D eigenvalue weighted by molar-refractivity contribution is 5.94. The lowest BCUT2D eigenvalue weighted by Crippen LogP contribution is -2.36. The molecule has 1 aromatic carbocycles. The Labute approximate surface area is 96.0 Å². The van der Waals surface area contributed by atoms with Crippen molar-refractivity contribution in [2.75, 3.05) is 5.73 Å². The summed E-state index contributed by atoms with van der Waals surface area (Å²) < 4.78 is 0. The number of carbonyl (C=O) groups is 1.